The zero-order valence-corrected chi connectivity index (χ0v) is 19.3. The minimum Gasteiger partial charge on any atom is -0.369 e. The second kappa shape index (κ2) is 7.18. The highest BCUT2D eigenvalue weighted by molar-refractivity contribution is 7.98. The third-order valence-electron chi connectivity index (χ3n) is 5.78. The Morgan fingerprint density at radius 3 is 2.62 bits per heavy atom. The fourth-order valence-corrected chi connectivity index (χ4v) is 7.12. The largest absolute Gasteiger partial charge is 0.369 e. The molecule has 5 rings (SSSR count). The number of thiophene rings is 1. The molecule has 0 spiro atoms. The maximum atomic E-state index is 15.6. The van der Waals surface area contributed by atoms with E-state index in [0.29, 0.717) is 10.3 Å². The molecule has 9 heteroatoms. The SMILES string of the molecule is C=S1(=O)C[C@@](C)(c2sc3c(-c4ccc(-n5cccn5)cc4)cccc3c2F)N=C(N)N1C. The number of halogens is 1. The van der Waals surface area contributed by atoms with Crippen LogP contribution < -0.4 is 5.73 Å². The number of nitrogens with zero attached hydrogens (tertiary/aromatic N) is 4. The lowest BCUT2D eigenvalue weighted by Gasteiger charge is -2.36. The molecular weight excluding hydrogens is 445 g/mol. The van der Waals surface area contributed by atoms with Gasteiger partial charge in [0.2, 0.25) is 5.96 Å². The van der Waals surface area contributed by atoms with Crippen molar-refractivity contribution in [3.63, 3.8) is 0 Å². The molecule has 32 heavy (non-hydrogen) atoms. The zero-order valence-electron chi connectivity index (χ0n) is 17.7. The van der Waals surface area contributed by atoms with E-state index in [1.54, 1.807) is 30.9 Å². The maximum absolute atomic E-state index is 15.6. The highest BCUT2D eigenvalue weighted by atomic mass is 32.2. The molecule has 1 unspecified atom stereocenters. The van der Waals surface area contributed by atoms with Gasteiger partial charge < -0.3 is 5.73 Å². The Hall–Kier alpha value is -3.17. The Balaban J connectivity index is 1.64. The highest BCUT2D eigenvalue weighted by Gasteiger charge is 2.40. The van der Waals surface area contributed by atoms with Crippen LogP contribution in [-0.4, -0.2) is 42.9 Å². The van der Waals surface area contributed by atoms with Gasteiger partial charge in [0, 0.05) is 29.5 Å². The van der Waals surface area contributed by atoms with Crippen molar-refractivity contribution in [3.8, 4) is 16.8 Å². The molecule has 6 nitrogen and oxygen atoms in total. The number of aliphatic imine (C=N–C) groups is 1. The Labute approximate surface area is 190 Å². The first-order chi connectivity index (χ1) is 15.2. The number of rotatable bonds is 3. The second-order valence-electron chi connectivity index (χ2n) is 8.08. The van der Waals surface area contributed by atoms with E-state index < -0.39 is 15.2 Å². The third kappa shape index (κ3) is 3.20. The topological polar surface area (TPSA) is 76.5 Å². The van der Waals surface area contributed by atoms with Gasteiger partial charge in [0.1, 0.15) is 11.4 Å². The van der Waals surface area contributed by atoms with E-state index in [1.165, 1.54) is 15.6 Å². The van der Waals surface area contributed by atoms with Crippen molar-refractivity contribution in [2.45, 2.75) is 12.5 Å². The Kier molecular flexibility index (Phi) is 4.65. The lowest BCUT2D eigenvalue weighted by atomic mass is 10.0. The average Bonchev–Trinajstić information content (AvgIpc) is 3.41. The molecule has 0 saturated carbocycles. The van der Waals surface area contributed by atoms with Gasteiger partial charge in [0.15, 0.2) is 0 Å². The number of hydrogen-bond acceptors (Lipinski definition) is 5. The van der Waals surface area contributed by atoms with Crippen LogP contribution >= 0.6 is 11.3 Å². The summed E-state index contributed by atoms with van der Waals surface area (Å²) in [4.78, 5) is 4.94. The Morgan fingerprint density at radius 1 is 1.22 bits per heavy atom. The molecule has 3 heterocycles. The number of fused-ring (bicyclic) bond motifs is 1. The molecule has 0 radical (unpaired) electrons. The van der Waals surface area contributed by atoms with Crippen LogP contribution in [0.4, 0.5) is 4.39 Å². The van der Waals surface area contributed by atoms with Crippen LogP contribution in [0.25, 0.3) is 26.9 Å². The molecule has 0 bridgehead atoms. The summed E-state index contributed by atoms with van der Waals surface area (Å²) in [6, 6.07) is 15.4. The molecule has 1 aliphatic heterocycles. The van der Waals surface area contributed by atoms with Gasteiger partial charge >= 0.3 is 0 Å². The summed E-state index contributed by atoms with van der Waals surface area (Å²) in [6.07, 6.45) is 3.61. The Morgan fingerprint density at radius 2 is 1.97 bits per heavy atom. The zero-order chi connectivity index (χ0) is 22.7. The third-order valence-corrected chi connectivity index (χ3v) is 9.45. The number of hydrogen-bond donors (Lipinski definition) is 1. The standard InChI is InChI=1S/C23H22FN5OS2/c1-23(14-32(3,30)28(2)22(25)27-23)21-19(24)18-7-4-6-17(20(18)31-21)15-8-10-16(11-9-15)29-13-5-12-26-29/h4-13H,3,14H2,1-2H3,(H2,25,27)/t23-,32?/m0/s1. The van der Waals surface area contributed by atoms with Gasteiger partial charge in [-0.3, -0.25) is 4.31 Å². The number of benzene rings is 2. The number of aromatic nitrogens is 2. The van der Waals surface area contributed by atoms with Gasteiger partial charge in [-0.1, -0.05) is 30.3 Å². The summed E-state index contributed by atoms with van der Waals surface area (Å²) >= 11 is 1.33. The molecule has 0 saturated heterocycles. The number of guanidine groups is 1. The molecule has 0 aliphatic carbocycles. The van der Waals surface area contributed by atoms with Gasteiger partial charge in [0.05, 0.1) is 26.0 Å². The van der Waals surface area contributed by atoms with Crippen molar-refractivity contribution < 1.29 is 8.60 Å². The van der Waals surface area contributed by atoms with Crippen molar-refractivity contribution in [1.29, 1.82) is 0 Å². The quantitative estimate of drug-likeness (QED) is 0.463. The fraction of sp³-hybridized carbons (Fsp3) is 0.174. The van der Waals surface area contributed by atoms with E-state index in [4.69, 9.17) is 5.73 Å². The van der Waals surface area contributed by atoms with Crippen LogP contribution in [0.2, 0.25) is 0 Å². The van der Waals surface area contributed by atoms with E-state index in [-0.39, 0.29) is 17.5 Å². The molecule has 2 aromatic carbocycles. The van der Waals surface area contributed by atoms with Gasteiger partial charge in [-0.25, -0.2) is 18.3 Å². The van der Waals surface area contributed by atoms with Gasteiger partial charge in [0.25, 0.3) is 0 Å². The molecule has 164 valence electrons. The molecular formula is C23H22FN5OS2. The average molecular weight is 468 g/mol. The fourth-order valence-electron chi connectivity index (χ4n) is 4.06. The van der Waals surface area contributed by atoms with Crippen LogP contribution in [0.1, 0.15) is 11.8 Å². The molecule has 2 atom stereocenters. The van der Waals surface area contributed by atoms with Crippen LogP contribution in [0.3, 0.4) is 0 Å². The molecule has 1 aliphatic rings. The van der Waals surface area contributed by atoms with Gasteiger partial charge in [-0.05, 0) is 42.1 Å². The molecule has 0 amide bonds. The van der Waals surface area contributed by atoms with Crippen molar-refractivity contribution >= 4 is 43.0 Å². The maximum Gasteiger partial charge on any atom is 0.203 e. The normalized spacial score (nSPS) is 23.5. The molecule has 0 fully saturated rings. The minimum absolute atomic E-state index is 0.0921. The lowest BCUT2D eigenvalue weighted by molar-refractivity contribution is 0.495. The van der Waals surface area contributed by atoms with Crippen LogP contribution in [0, 0.1) is 5.82 Å². The summed E-state index contributed by atoms with van der Waals surface area (Å²) < 4.78 is 32.6. The van der Waals surface area contributed by atoms with Crippen LogP contribution in [0.15, 0.2) is 65.9 Å². The summed E-state index contributed by atoms with van der Waals surface area (Å²) in [6.45, 7) is 1.77. The summed E-state index contributed by atoms with van der Waals surface area (Å²) in [7, 11) is -1.10. The van der Waals surface area contributed by atoms with Gasteiger partial charge in [-0.15, -0.1) is 11.3 Å². The van der Waals surface area contributed by atoms with Crippen LogP contribution in [0.5, 0.6) is 0 Å². The first-order valence-electron chi connectivity index (χ1n) is 9.96. The van der Waals surface area contributed by atoms with Crippen molar-refractivity contribution in [1.82, 2.24) is 14.1 Å². The van der Waals surface area contributed by atoms with Crippen molar-refractivity contribution in [2.24, 2.45) is 10.7 Å². The first kappa shape index (κ1) is 20.7. The van der Waals surface area contributed by atoms with E-state index in [9.17, 15) is 4.21 Å². The predicted molar refractivity (Wildman–Crippen MR) is 131 cm³/mol. The molecule has 2 aromatic heterocycles. The summed E-state index contributed by atoms with van der Waals surface area (Å²) in [5.41, 5.74) is 7.80. The smallest absolute Gasteiger partial charge is 0.203 e. The van der Waals surface area contributed by atoms with E-state index in [2.05, 4.69) is 16.0 Å². The Bertz CT molecular complexity index is 1460. The second-order valence-corrected chi connectivity index (χ2v) is 11.5. The summed E-state index contributed by atoms with van der Waals surface area (Å²) in [5.74, 6) is 3.67. The molecule has 2 N–H and O–H groups in total. The number of nitrogens with two attached hydrogens (primary N) is 1. The monoisotopic (exact) mass is 467 g/mol. The van der Waals surface area contributed by atoms with Crippen molar-refractivity contribution in [3.05, 3.63) is 71.6 Å². The van der Waals surface area contributed by atoms with Crippen molar-refractivity contribution in [2.75, 3.05) is 12.8 Å². The first-order valence-corrected chi connectivity index (χ1v) is 12.6. The minimum atomic E-state index is -2.70. The van der Waals surface area contributed by atoms with E-state index in [1.807, 2.05) is 48.7 Å². The van der Waals surface area contributed by atoms with E-state index >= 15 is 4.39 Å². The highest BCUT2D eigenvalue weighted by Crippen LogP contribution is 2.44. The van der Waals surface area contributed by atoms with Gasteiger partial charge in [-0.2, -0.15) is 5.10 Å². The molecule has 4 aromatic rings. The predicted octanol–water partition coefficient (Wildman–Crippen LogP) is 4.00. The lowest BCUT2D eigenvalue weighted by Crippen LogP contribution is -2.50. The summed E-state index contributed by atoms with van der Waals surface area (Å²) in [5, 5.41) is 4.77. The van der Waals surface area contributed by atoms with Crippen LogP contribution in [-0.2, 0) is 15.2 Å². The van der Waals surface area contributed by atoms with E-state index in [0.717, 1.165) is 21.5 Å².